The zero-order valence-corrected chi connectivity index (χ0v) is 11.4. The van der Waals surface area contributed by atoms with Crippen LogP contribution in [0, 0.1) is 12.7 Å². The van der Waals surface area contributed by atoms with Crippen LogP contribution in [0.5, 0.6) is 5.75 Å². The number of nitrogens with zero attached hydrogens (tertiary/aromatic N) is 1. The Morgan fingerprint density at radius 3 is 2.94 bits per heavy atom. The molecule has 0 amide bonds. The van der Waals surface area contributed by atoms with Crippen LogP contribution in [0.25, 0.3) is 0 Å². The molecule has 2 N–H and O–H groups in total. The Morgan fingerprint density at radius 2 is 2.22 bits per heavy atom. The molecule has 0 unspecified atom stereocenters. The topological polar surface area (TPSA) is 48.1 Å². The molecule has 0 saturated heterocycles. The predicted octanol–water partition coefficient (Wildman–Crippen LogP) is 3.45. The molecule has 1 heterocycles. The Bertz CT molecular complexity index is 575. The summed E-state index contributed by atoms with van der Waals surface area (Å²) in [4.78, 5) is 4.19. The molecule has 1 aromatic carbocycles. The summed E-state index contributed by atoms with van der Waals surface area (Å²) in [5, 5.41) is 0. The van der Waals surface area contributed by atoms with Gasteiger partial charge in [-0.05, 0) is 40.5 Å². The molecule has 0 saturated carbocycles. The maximum atomic E-state index is 13.4. The molecule has 0 atom stereocenters. The lowest BCUT2D eigenvalue weighted by Gasteiger charge is -2.10. The van der Waals surface area contributed by atoms with Crippen molar-refractivity contribution >= 4 is 21.6 Å². The highest BCUT2D eigenvalue weighted by atomic mass is 79.9. The van der Waals surface area contributed by atoms with Gasteiger partial charge in [0, 0.05) is 12.3 Å². The largest absolute Gasteiger partial charge is 0.485 e. The summed E-state index contributed by atoms with van der Waals surface area (Å²) in [7, 11) is 0. The molecular formula is C13H12BrFN2O. The molecule has 18 heavy (non-hydrogen) atoms. The lowest BCUT2D eigenvalue weighted by Crippen LogP contribution is -2.03. The smallest absolute Gasteiger partial charge is 0.145 e. The fourth-order valence-corrected chi connectivity index (χ4v) is 1.85. The number of benzene rings is 1. The lowest BCUT2D eigenvalue weighted by atomic mass is 10.2. The van der Waals surface area contributed by atoms with Crippen LogP contribution >= 0.6 is 15.9 Å². The standard InChI is InChI=1S/C13H12BrFN2O/c1-8-3-2-4-17-12(8)7-18-13-6-10(15)9(14)5-11(13)16/h2-6H,7,16H2,1H3. The number of nitrogens with two attached hydrogens (primary N) is 1. The zero-order valence-electron chi connectivity index (χ0n) is 9.78. The van der Waals surface area contributed by atoms with Crippen molar-refractivity contribution in [1.82, 2.24) is 4.98 Å². The molecular weight excluding hydrogens is 299 g/mol. The van der Waals surface area contributed by atoms with Crippen LogP contribution in [0.1, 0.15) is 11.3 Å². The van der Waals surface area contributed by atoms with E-state index in [1.165, 1.54) is 12.1 Å². The summed E-state index contributed by atoms with van der Waals surface area (Å²) in [6.45, 7) is 2.20. The van der Waals surface area contributed by atoms with E-state index in [2.05, 4.69) is 20.9 Å². The molecule has 0 spiro atoms. The molecule has 94 valence electrons. The van der Waals surface area contributed by atoms with Gasteiger partial charge in [0.1, 0.15) is 18.2 Å². The number of nitrogen functional groups attached to an aromatic ring is 1. The SMILES string of the molecule is Cc1cccnc1COc1cc(F)c(Br)cc1N. The van der Waals surface area contributed by atoms with Crippen LogP contribution in [0.3, 0.4) is 0 Å². The second kappa shape index (κ2) is 5.35. The first-order chi connectivity index (χ1) is 8.58. The van der Waals surface area contributed by atoms with Crippen LogP contribution < -0.4 is 10.5 Å². The summed E-state index contributed by atoms with van der Waals surface area (Å²) < 4.78 is 19.2. The molecule has 0 bridgehead atoms. The maximum absolute atomic E-state index is 13.4. The van der Waals surface area contributed by atoms with E-state index in [1.807, 2.05) is 19.1 Å². The molecule has 0 aliphatic heterocycles. The zero-order chi connectivity index (χ0) is 13.1. The summed E-state index contributed by atoms with van der Waals surface area (Å²) in [5.74, 6) is -0.0855. The third-order valence-electron chi connectivity index (χ3n) is 2.53. The average Bonchev–Trinajstić information content (AvgIpc) is 2.34. The van der Waals surface area contributed by atoms with Crippen molar-refractivity contribution < 1.29 is 9.13 Å². The number of hydrogen-bond donors (Lipinski definition) is 1. The minimum Gasteiger partial charge on any atom is -0.485 e. The van der Waals surface area contributed by atoms with E-state index in [-0.39, 0.29) is 6.61 Å². The van der Waals surface area contributed by atoms with E-state index < -0.39 is 5.82 Å². The molecule has 3 nitrogen and oxygen atoms in total. The van der Waals surface area contributed by atoms with Gasteiger partial charge in [-0.1, -0.05) is 6.07 Å². The highest BCUT2D eigenvalue weighted by Crippen LogP contribution is 2.28. The minimum absolute atomic E-state index is 0.262. The van der Waals surface area contributed by atoms with Gasteiger partial charge >= 0.3 is 0 Å². The van der Waals surface area contributed by atoms with Gasteiger partial charge in [-0.15, -0.1) is 0 Å². The normalized spacial score (nSPS) is 10.4. The van der Waals surface area contributed by atoms with Crippen LogP contribution in [-0.2, 0) is 6.61 Å². The highest BCUT2D eigenvalue weighted by Gasteiger charge is 2.08. The van der Waals surface area contributed by atoms with Gasteiger partial charge in [-0.2, -0.15) is 0 Å². The first kappa shape index (κ1) is 12.8. The van der Waals surface area contributed by atoms with E-state index in [0.717, 1.165) is 11.3 Å². The van der Waals surface area contributed by atoms with Crippen LogP contribution in [0.4, 0.5) is 10.1 Å². The Morgan fingerprint density at radius 1 is 1.44 bits per heavy atom. The first-order valence-corrected chi connectivity index (χ1v) is 6.15. The Kier molecular flexibility index (Phi) is 3.81. The molecule has 0 radical (unpaired) electrons. The second-order valence-electron chi connectivity index (χ2n) is 3.86. The molecule has 5 heteroatoms. The number of anilines is 1. The van der Waals surface area contributed by atoms with E-state index in [9.17, 15) is 4.39 Å². The second-order valence-corrected chi connectivity index (χ2v) is 4.71. The number of rotatable bonds is 3. The van der Waals surface area contributed by atoms with Crippen LogP contribution in [-0.4, -0.2) is 4.98 Å². The minimum atomic E-state index is -0.406. The Hall–Kier alpha value is -1.62. The third kappa shape index (κ3) is 2.79. The van der Waals surface area contributed by atoms with Crippen molar-refractivity contribution in [1.29, 1.82) is 0 Å². The number of pyridine rings is 1. The molecule has 0 aliphatic carbocycles. The van der Waals surface area contributed by atoms with Crippen molar-refractivity contribution in [3.8, 4) is 5.75 Å². The van der Waals surface area contributed by atoms with Gasteiger partial charge in [0.05, 0.1) is 15.9 Å². The number of aromatic nitrogens is 1. The average molecular weight is 311 g/mol. The summed E-state index contributed by atoms with van der Waals surface area (Å²) >= 11 is 3.06. The van der Waals surface area contributed by atoms with Gasteiger partial charge in [0.15, 0.2) is 0 Å². The Balaban J connectivity index is 2.16. The quantitative estimate of drug-likeness (QED) is 0.883. The number of hydrogen-bond acceptors (Lipinski definition) is 3. The fourth-order valence-electron chi connectivity index (χ4n) is 1.48. The maximum Gasteiger partial charge on any atom is 0.145 e. The van der Waals surface area contributed by atoms with Crippen LogP contribution in [0.2, 0.25) is 0 Å². The monoisotopic (exact) mass is 310 g/mol. The van der Waals surface area contributed by atoms with Gasteiger partial charge in [-0.25, -0.2) is 4.39 Å². The first-order valence-electron chi connectivity index (χ1n) is 5.35. The van der Waals surface area contributed by atoms with Gasteiger partial charge in [0.25, 0.3) is 0 Å². The Labute approximate surface area is 113 Å². The molecule has 0 fully saturated rings. The molecule has 0 aliphatic rings. The molecule has 2 aromatic rings. The number of ether oxygens (including phenoxy) is 1. The van der Waals surface area contributed by atoms with E-state index in [4.69, 9.17) is 10.5 Å². The van der Waals surface area contributed by atoms with E-state index in [0.29, 0.717) is 15.9 Å². The lowest BCUT2D eigenvalue weighted by molar-refractivity contribution is 0.300. The summed E-state index contributed by atoms with van der Waals surface area (Å²) in [6.07, 6.45) is 1.69. The third-order valence-corrected chi connectivity index (χ3v) is 3.14. The summed E-state index contributed by atoms with van der Waals surface area (Å²) in [6, 6.07) is 6.54. The van der Waals surface area contributed by atoms with E-state index >= 15 is 0 Å². The molecule has 1 aromatic heterocycles. The number of halogens is 2. The van der Waals surface area contributed by atoms with Crippen LogP contribution in [0.15, 0.2) is 34.9 Å². The van der Waals surface area contributed by atoms with E-state index in [1.54, 1.807) is 6.20 Å². The van der Waals surface area contributed by atoms with Gasteiger partial charge in [-0.3, -0.25) is 4.98 Å². The van der Waals surface area contributed by atoms with Crippen molar-refractivity contribution in [2.75, 3.05) is 5.73 Å². The molecule has 2 rings (SSSR count). The number of aryl methyl sites for hydroxylation is 1. The van der Waals surface area contributed by atoms with Crippen molar-refractivity contribution in [3.05, 3.63) is 52.0 Å². The van der Waals surface area contributed by atoms with Crippen molar-refractivity contribution in [3.63, 3.8) is 0 Å². The van der Waals surface area contributed by atoms with Gasteiger partial charge < -0.3 is 10.5 Å². The van der Waals surface area contributed by atoms with Gasteiger partial charge in [0.2, 0.25) is 0 Å². The highest BCUT2D eigenvalue weighted by molar-refractivity contribution is 9.10. The summed E-state index contributed by atoms with van der Waals surface area (Å²) in [5.41, 5.74) is 7.96. The van der Waals surface area contributed by atoms with Crippen molar-refractivity contribution in [2.45, 2.75) is 13.5 Å². The fraction of sp³-hybridized carbons (Fsp3) is 0.154. The van der Waals surface area contributed by atoms with Crippen molar-refractivity contribution in [2.24, 2.45) is 0 Å². The predicted molar refractivity (Wildman–Crippen MR) is 71.8 cm³/mol.